The molecule has 9 heteroatoms. The molecule has 24 aromatic rings. The highest BCUT2D eigenvalue weighted by Crippen LogP contribution is 2.51. The second-order valence-electron chi connectivity index (χ2n) is 32.3. The minimum atomic E-state index is -0.0910. The first-order chi connectivity index (χ1) is 61.2. The Labute approximate surface area is 714 Å². The van der Waals surface area contributed by atoms with Gasteiger partial charge in [0.2, 0.25) is 0 Å². The van der Waals surface area contributed by atoms with Crippen LogP contribution >= 0.6 is 0 Å². The van der Waals surface area contributed by atoms with Gasteiger partial charge in [0.1, 0.15) is 33.5 Å². The molecule has 124 heavy (non-hydrogen) atoms. The fourth-order valence-electron chi connectivity index (χ4n) is 18.2. The second-order valence-corrected chi connectivity index (χ2v) is 32.3. The molecule has 6 heterocycles. The third-order valence-electron chi connectivity index (χ3n) is 24.5. The van der Waals surface area contributed by atoms with Gasteiger partial charge in [-0.15, -0.1) is 0 Å². The van der Waals surface area contributed by atoms with Gasteiger partial charge in [-0.25, -0.2) is 29.9 Å². The summed E-state index contributed by atoms with van der Waals surface area (Å²) in [5, 5.41) is 11.2. The summed E-state index contributed by atoms with van der Waals surface area (Å²) in [6, 6.07) is 143. The van der Waals surface area contributed by atoms with Gasteiger partial charge in [0.05, 0.1) is 44.8 Å². The highest BCUT2D eigenvalue weighted by atomic mass is 16.3. The number of para-hydroxylation sites is 5. The lowest BCUT2D eigenvalue weighted by Gasteiger charge is -2.22. The fraction of sp³-hybridized carbons (Fsp3) is 0.0261. The molecule has 25 rings (SSSR count). The Kier molecular flexibility index (Phi) is 17.7. The van der Waals surface area contributed by atoms with Crippen LogP contribution in [0.5, 0.6) is 0 Å². The van der Waals surface area contributed by atoms with E-state index in [9.17, 15) is 0 Å². The van der Waals surface area contributed by atoms with Gasteiger partial charge >= 0.3 is 0 Å². The van der Waals surface area contributed by atoms with Crippen molar-refractivity contribution in [3.05, 3.63) is 424 Å². The average molecular weight is 1590 g/mol. The van der Waals surface area contributed by atoms with Crippen molar-refractivity contribution in [2.24, 2.45) is 0 Å². The number of furan rings is 3. The highest BCUT2D eigenvalue weighted by molar-refractivity contribution is 6.14. The maximum absolute atomic E-state index is 6.16. The molecule has 0 spiro atoms. The number of nitrogens with zero attached hydrogens (tertiary/aromatic N) is 6. The summed E-state index contributed by atoms with van der Waals surface area (Å²) in [4.78, 5) is 30.8. The lowest BCUT2D eigenvalue weighted by atomic mass is 9.81. The van der Waals surface area contributed by atoms with E-state index in [-0.39, 0.29) is 5.41 Å². The van der Waals surface area contributed by atoms with Crippen LogP contribution in [0.15, 0.2) is 426 Å². The smallest absolute Gasteiger partial charge is 0.160 e. The summed E-state index contributed by atoms with van der Waals surface area (Å²) in [5.74, 6) is 1.44. The molecule has 582 valence electrons. The molecule has 0 N–H and O–H groups in total. The Morgan fingerprint density at radius 1 is 0.194 bits per heavy atom. The molecule has 9 nitrogen and oxygen atoms in total. The Bertz CT molecular complexity index is 8320. The number of benzene rings is 18. The van der Waals surface area contributed by atoms with Crippen LogP contribution in [0.1, 0.15) is 25.0 Å². The van der Waals surface area contributed by atoms with E-state index in [2.05, 4.69) is 311 Å². The first-order valence-electron chi connectivity index (χ1n) is 41.9. The summed E-state index contributed by atoms with van der Waals surface area (Å²) in [6.45, 7) is 4.63. The zero-order chi connectivity index (χ0) is 82.4. The molecule has 0 amide bonds. The number of hydrogen-bond donors (Lipinski definition) is 0. The monoisotopic (exact) mass is 1590 g/mol. The van der Waals surface area contributed by atoms with Crippen LogP contribution in [-0.4, -0.2) is 29.9 Å². The van der Waals surface area contributed by atoms with Crippen molar-refractivity contribution in [1.82, 2.24) is 29.9 Å². The van der Waals surface area contributed by atoms with Gasteiger partial charge < -0.3 is 13.3 Å². The van der Waals surface area contributed by atoms with Crippen molar-refractivity contribution in [1.29, 1.82) is 0 Å². The molecule has 0 fully saturated rings. The van der Waals surface area contributed by atoms with Gasteiger partial charge in [0.25, 0.3) is 0 Å². The highest BCUT2D eigenvalue weighted by Gasteiger charge is 2.36. The summed E-state index contributed by atoms with van der Waals surface area (Å²) >= 11 is 0. The quantitative estimate of drug-likeness (QED) is 0.123. The van der Waals surface area contributed by atoms with E-state index < -0.39 is 0 Å². The van der Waals surface area contributed by atoms with Gasteiger partial charge in [-0.1, -0.05) is 335 Å². The van der Waals surface area contributed by atoms with Gasteiger partial charge in [0.15, 0.2) is 11.6 Å². The van der Waals surface area contributed by atoms with E-state index >= 15 is 0 Å². The van der Waals surface area contributed by atoms with Crippen LogP contribution in [0, 0.1) is 0 Å². The molecule has 0 saturated heterocycles. The minimum Gasteiger partial charge on any atom is -0.456 e. The number of aromatic nitrogens is 6. The van der Waals surface area contributed by atoms with Crippen molar-refractivity contribution in [3.8, 4) is 123 Å². The first-order valence-corrected chi connectivity index (χ1v) is 41.9. The SMILES string of the molecule is CC1(C)c2ccccc2-c2ccc(-c3nc4ccccc4nc3-c3ccc(-c4cccc5oc6ccccc6c45)cc3)cc21.c1ccc(-c2cccc(-c3nc(-c4ccc(-c5ccc6oc7ccccc7c6c5)cc4)c4ccc5ccccc5c4n3)c2)cc1.c1ccc(-c2nc(-c3ccccc3)c3ccc(-c4ccc5c(c4)oc4ccccc45)cc3n2)cc1. The number of rotatable bonds is 10. The van der Waals surface area contributed by atoms with Gasteiger partial charge in [-0.05, 0) is 163 Å². The third kappa shape index (κ3) is 13.0. The Hall–Kier alpha value is -16.4. The van der Waals surface area contributed by atoms with Crippen LogP contribution in [0.4, 0.5) is 0 Å². The largest absolute Gasteiger partial charge is 0.456 e. The molecule has 0 bridgehead atoms. The molecular formula is C115H74N6O3. The first kappa shape index (κ1) is 72.8. The molecule has 0 radical (unpaired) electrons. The van der Waals surface area contributed by atoms with Gasteiger partial charge in [-0.2, -0.15) is 0 Å². The Morgan fingerprint density at radius 3 is 1.37 bits per heavy atom. The predicted molar refractivity (Wildman–Crippen MR) is 510 cm³/mol. The molecule has 1 aliphatic carbocycles. The van der Waals surface area contributed by atoms with Gasteiger partial charge in [-0.3, -0.25) is 0 Å². The van der Waals surface area contributed by atoms with E-state index in [4.69, 9.17) is 43.2 Å². The fourth-order valence-corrected chi connectivity index (χ4v) is 18.2. The number of fused-ring (bicyclic) bond motifs is 17. The maximum Gasteiger partial charge on any atom is 0.160 e. The molecule has 0 aliphatic heterocycles. The van der Waals surface area contributed by atoms with Gasteiger partial charge in [0, 0.05) is 87.3 Å². The molecule has 1 aliphatic rings. The average Bonchev–Trinajstić information content (AvgIpc) is 0.815. The van der Waals surface area contributed by atoms with Crippen molar-refractivity contribution >= 4 is 109 Å². The Balaban J connectivity index is 0.000000108. The van der Waals surface area contributed by atoms with Crippen LogP contribution in [0.3, 0.4) is 0 Å². The molecule has 0 saturated carbocycles. The third-order valence-corrected chi connectivity index (χ3v) is 24.5. The second kappa shape index (κ2) is 30.2. The minimum absolute atomic E-state index is 0.0910. The van der Waals surface area contributed by atoms with E-state index in [0.717, 1.165) is 210 Å². The Morgan fingerprint density at radius 2 is 0.629 bits per heavy atom. The summed E-state index contributed by atoms with van der Waals surface area (Å²) in [5.41, 5.74) is 33.3. The topological polar surface area (TPSA) is 117 Å². The zero-order valence-corrected chi connectivity index (χ0v) is 67.7. The summed E-state index contributed by atoms with van der Waals surface area (Å²) < 4.78 is 18.3. The van der Waals surface area contributed by atoms with Crippen molar-refractivity contribution in [2.45, 2.75) is 19.3 Å². The summed E-state index contributed by atoms with van der Waals surface area (Å²) in [7, 11) is 0. The van der Waals surface area contributed by atoms with E-state index in [1.165, 1.54) is 27.8 Å². The lowest BCUT2D eigenvalue weighted by Crippen LogP contribution is -2.15. The molecule has 6 aromatic heterocycles. The molecule has 0 atom stereocenters. The maximum atomic E-state index is 6.16. The molecular weight excluding hydrogens is 1510 g/mol. The van der Waals surface area contributed by atoms with Crippen LogP contribution < -0.4 is 0 Å². The van der Waals surface area contributed by atoms with Crippen molar-refractivity contribution in [3.63, 3.8) is 0 Å². The molecule has 0 unspecified atom stereocenters. The van der Waals surface area contributed by atoms with E-state index in [1.54, 1.807) is 0 Å². The van der Waals surface area contributed by atoms with Crippen molar-refractivity contribution < 1.29 is 13.3 Å². The lowest BCUT2D eigenvalue weighted by molar-refractivity contribution is 0.660. The number of hydrogen-bond acceptors (Lipinski definition) is 9. The standard InChI is InChI=1S/C42H26N2O.C41H28N2O.C32H20N2O/c1-2-9-27(10-3-1)31-12-8-13-33(25-31)42-43-40(36-23-21-29-11-4-5-14-34(29)41(36)44-42)30-19-17-28(18-20-30)32-22-24-39-37(26-32)35-15-6-7-16-38(35)45-39;1-41(2)32-13-5-3-10-29(32)30-23-22-27(24-33(30)41)40-39(42-34-14-6-7-15-35(34)43-40)26-20-18-25(19-21-26)28-12-9-17-37-38(28)31-11-4-8-16-36(31)44-37;1-3-9-21(10-4-1)31-27-18-16-23(19-28(27)33-32(34-31)22-11-5-2-6-12-22)24-15-17-26-25-13-7-8-14-29(25)35-30(26)20-24/h1-26H;3-24H,1-2H3;1-20H. The molecule has 18 aromatic carbocycles. The van der Waals surface area contributed by atoms with Crippen LogP contribution in [0.2, 0.25) is 0 Å². The van der Waals surface area contributed by atoms with Crippen molar-refractivity contribution in [2.75, 3.05) is 0 Å². The van der Waals surface area contributed by atoms with Crippen LogP contribution in [-0.2, 0) is 5.41 Å². The normalized spacial score (nSPS) is 12.2. The predicted octanol–water partition coefficient (Wildman–Crippen LogP) is 30.7. The van der Waals surface area contributed by atoms with E-state index in [1.807, 2.05) is 115 Å². The zero-order valence-electron chi connectivity index (χ0n) is 67.7. The van der Waals surface area contributed by atoms with E-state index in [0.29, 0.717) is 5.82 Å². The van der Waals surface area contributed by atoms with Crippen LogP contribution in [0.25, 0.3) is 233 Å². The summed E-state index contributed by atoms with van der Waals surface area (Å²) in [6.07, 6.45) is 0.